The van der Waals surface area contributed by atoms with Gasteiger partial charge in [-0.25, -0.2) is 19.3 Å². The van der Waals surface area contributed by atoms with Crippen molar-refractivity contribution in [2.75, 3.05) is 0 Å². The van der Waals surface area contributed by atoms with Crippen LogP contribution in [0.25, 0.3) is 33.5 Å². The molecule has 7 rings (SSSR count). The SMILES string of the molecule is O=C(O)C1C2CCC(CC2)[C@H]1n1cc(Cl)c2cnc(-c3c[nH]c4ncc(F)cc34)nc21. The molecule has 3 saturated carbocycles. The van der Waals surface area contributed by atoms with Gasteiger partial charge in [0, 0.05) is 29.5 Å². The molecule has 0 aliphatic heterocycles. The first-order chi connectivity index (χ1) is 15.0. The number of nitrogens with zero attached hydrogens (tertiary/aromatic N) is 4. The Morgan fingerprint density at radius 3 is 2.71 bits per heavy atom. The van der Waals surface area contributed by atoms with Crippen molar-refractivity contribution in [2.45, 2.75) is 31.7 Å². The number of nitrogens with one attached hydrogen (secondary N) is 1. The number of carboxylic acids is 1. The first-order valence-corrected chi connectivity index (χ1v) is 10.8. The van der Waals surface area contributed by atoms with Gasteiger partial charge in [0.05, 0.1) is 28.6 Å². The van der Waals surface area contributed by atoms with E-state index in [2.05, 4.69) is 15.0 Å². The third kappa shape index (κ3) is 2.77. The minimum Gasteiger partial charge on any atom is -0.481 e. The Bertz CT molecular complexity index is 1340. The Morgan fingerprint density at radius 1 is 1.16 bits per heavy atom. The summed E-state index contributed by atoms with van der Waals surface area (Å²) in [5.74, 6) is -0.789. The maximum absolute atomic E-state index is 13.8. The minimum absolute atomic E-state index is 0.174. The summed E-state index contributed by atoms with van der Waals surface area (Å²) in [6.45, 7) is 0. The summed E-state index contributed by atoms with van der Waals surface area (Å²) in [6, 6.07) is 1.21. The molecule has 3 aliphatic carbocycles. The molecular weight excluding hydrogens is 421 g/mol. The normalized spacial score (nSPS) is 25.5. The predicted molar refractivity (Wildman–Crippen MR) is 113 cm³/mol. The van der Waals surface area contributed by atoms with Crippen molar-refractivity contribution in [1.82, 2.24) is 24.5 Å². The summed E-state index contributed by atoms with van der Waals surface area (Å²) in [4.78, 5) is 28.5. The van der Waals surface area contributed by atoms with E-state index in [0.29, 0.717) is 38.5 Å². The molecule has 1 unspecified atom stereocenters. The molecule has 2 atom stereocenters. The Balaban J connectivity index is 1.53. The van der Waals surface area contributed by atoms with Gasteiger partial charge in [0.25, 0.3) is 0 Å². The molecule has 4 heterocycles. The van der Waals surface area contributed by atoms with Gasteiger partial charge in [-0.3, -0.25) is 4.79 Å². The number of hydrogen-bond acceptors (Lipinski definition) is 4. The lowest BCUT2D eigenvalue weighted by atomic mass is 9.61. The van der Waals surface area contributed by atoms with Crippen LogP contribution in [0.4, 0.5) is 4.39 Å². The van der Waals surface area contributed by atoms with E-state index in [1.165, 1.54) is 6.07 Å². The van der Waals surface area contributed by atoms with Crippen LogP contribution >= 0.6 is 11.6 Å². The number of rotatable bonds is 3. The molecule has 2 bridgehead atoms. The van der Waals surface area contributed by atoms with Gasteiger partial charge in [-0.1, -0.05) is 11.6 Å². The van der Waals surface area contributed by atoms with E-state index in [0.717, 1.165) is 31.9 Å². The van der Waals surface area contributed by atoms with Crippen molar-refractivity contribution in [2.24, 2.45) is 17.8 Å². The summed E-state index contributed by atoms with van der Waals surface area (Å²) >= 11 is 6.51. The van der Waals surface area contributed by atoms with Crippen molar-refractivity contribution in [3.05, 3.63) is 41.7 Å². The van der Waals surface area contributed by atoms with Crippen molar-refractivity contribution < 1.29 is 14.3 Å². The number of fused-ring (bicyclic) bond motifs is 5. The Labute approximate surface area is 181 Å². The Kier molecular flexibility index (Phi) is 4.08. The summed E-state index contributed by atoms with van der Waals surface area (Å²) in [6.07, 6.45) is 10.3. The van der Waals surface area contributed by atoms with Gasteiger partial charge in [-0.15, -0.1) is 0 Å². The van der Waals surface area contributed by atoms with Crippen molar-refractivity contribution >= 4 is 39.6 Å². The fourth-order valence-electron chi connectivity index (χ4n) is 5.68. The monoisotopic (exact) mass is 439 g/mol. The second kappa shape index (κ2) is 6.75. The van der Waals surface area contributed by atoms with Crippen LogP contribution in [0.1, 0.15) is 31.7 Å². The lowest BCUT2D eigenvalue weighted by Gasteiger charge is -2.47. The van der Waals surface area contributed by atoms with E-state index in [4.69, 9.17) is 16.6 Å². The third-order valence-corrected chi connectivity index (χ3v) is 7.34. The zero-order valence-corrected chi connectivity index (χ0v) is 17.2. The molecular formula is C22H19ClFN5O2. The number of H-pyrrole nitrogens is 1. The lowest BCUT2D eigenvalue weighted by Crippen LogP contribution is -2.44. The molecule has 7 nitrogen and oxygen atoms in total. The molecule has 9 heteroatoms. The van der Waals surface area contributed by atoms with Crippen molar-refractivity contribution in [1.29, 1.82) is 0 Å². The molecule has 0 saturated heterocycles. The second-order valence-corrected chi connectivity index (χ2v) is 9.00. The van der Waals surface area contributed by atoms with E-state index in [9.17, 15) is 14.3 Å². The summed E-state index contributed by atoms with van der Waals surface area (Å²) < 4.78 is 15.7. The summed E-state index contributed by atoms with van der Waals surface area (Å²) in [5, 5.41) is 11.8. The maximum Gasteiger partial charge on any atom is 0.308 e. The number of halogens is 2. The topological polar surface area (TPSA) is 96.7 Å². The number of aromatic amines is 1. The van der Waals surface area contributed by atoms with Crippen LogP contribution in [-0.4, -0.2) is 35.6 Å². The van der Waals surface area contributed by atoms with Crippen LogP contribution in [0.15, 0.2) is 30.9 Å². The maximum atomic E-state index is 13.8. The zero-order chi connectivity index (χ0) is 21.3. The highest BCUT2D eigenvalue weighted by Gasteiger charge is 2.48. The smallest absolute Gasteiger partial charge is 0.308 e. The average molecular weight is 440 g/mol. The van der Waals surface area contributed by atoms with Crippen LogP contribution in [0.5, 0.6) is 0 Å². The number of carboxylic acid groups (broad SMARTS) is 1. The molecule has 0 amide bonds. The van der Waals surface area contributed by atoms with E-state index in [1.807, 2.05) is 4.57 Å². The number of hydrogen-bond donors (Lipinski definition) is 2. The third-order valence-electron chi connectivity index (χ3n) is 7.04. The first-order valence-electron chi connectivity index (χ1n) is 10.4. The Hall–Kier alpha value is -3.00. The summed E-state index contributed by atoms with van der Waals surface area (Å²) in [5.41, 5.74) is 1.79. The van der Waals surface area contributed by atoms with E-state index >= 15 is 0 Å². The van der Waals surface area contributed by atoms with Gasteiger partial charge >= 0.3 is 5.97 Å². The van der Waals surface area contributed by atoms with Crippen molar-refractivity contribution in [3.8, 4) is 11.4 Å². The number of aliphatic carboxylic acids is 1. The van der Waals surface area contributed by atoms with Gasteiger partial charge in [0.1, 0.15) is 17.1 Å². The highest BCUT2D eigenvalue weighted by Crippen LogP contribution is 2.52. The average Bonchev–Trinajstić information content (AvgIpc) is 3.34. The summed E-state index contributed by atoms with van der Waals surface area (Å²) in [7, 11) is 0. The number of pyridine rings is 1. The van der Waals surface area contributed by atoms with Crippen LogP contribution in [-0.2, 0) is 4.79 Å². The standard InChI is InChI=1S/C22H19ClFN5O2/c23-16-9-29(18-11-3-1-10(2-4-11)17(18)22(30)31)21-15(16)8-27-20(28-21)14-7-26-19-13(14)5-12(24)6-25-19/h5-11,17-18H,1-4H2,(H,25,26)(H,30,31)/t10?,11?,17?,18-/m1/s1. The molecule has 31 heavy (non-hydrogen) atoms. The van der Waals surface area contributed by atoms with Gasteiger partial charge < -0.3 is 14.7 Å². The van der Waals surface area contributed by atoms with Gasteiger partial charge in [-0.05, 0) is 43.6 Å². The van der Waals surface area contributed by atoms with Crippen LogP contribution in [0, 0.1) is 23.6 Å². The number of aromatic nitrogens is 5. The highest BCUT2D eigenvalue weighted by molar-refractivity contribution is 6.35. The molecule has 0 spiro atoms. The number of carbonyl (C=O) groups is 1. The van der Waals surface area contributed by atoms with Crippen LogP contribution in [0.3, 0.4) is 0 Å². The van der Waals surface area contributed by atoms with E-state index in [-0.39, 0.29) is 17.9 Å². The van der Waals surface area contributed by atoms with Crippen molar-refractivity contribution in [3.63, 3.8) is 0 Å². The molecule has 3 fully saturated rings. The Morgan fingerprint density at radius 2 is 1.94 bits per heavy atom. The molecule has 0 radical (unpaired) electrons. The molecule has 2 N–H and O–H groups in total. The first kappa shape index (κ1) is 18.7. The minimum atomic E-state index is -0.759. The fourth-order valence-corrected chi connectivity index (χ4v) is 5.91. The van der Waals surface area contributed by atoms with Crippen LogP contribution in [0.2, 0.25) is 5.02 Å². The largest absolute Gasteiger partial charge is 0.481 e. The van der Waals surface area contributed by atoms with Crippen LogP contribution < -0.4 is 0 Å². The lowest BCUT2D eigenvalue weighted by molar-refractivity contribution is -0.151. The zero-order valence-electron chi connectivity index (χ0n) is 16.4. The van der Waals surface area contributed by atoms with E-state index < -0.39 is 17.7 Å². The fraction of sp³-hybridized carbons (Fsp3) is 0.364. The highest BCUT2D eigenvalue weighted by atomic mass is 35.5. The van der Waals surface area contributed by atoms with Gasteiger partial charge in [0.2, 0.25) is 0 Å². The second-order valence-electron chi connectivity index (χ2n) is 8.60. The van der Waals surface area contributed by atoms with Gasteiger partial charge in [-0.2, -0.15) is 0 Å². The molecule has 4 aromatic rings. The molecule has 4 aromatic heterocycles. The quantitative estimate of drug-likeness (QED) is 0.476. The predicted octanol–water partition coefficient (Wildman–Crippen LogP) is 4.83. The van der Waals surface area contributed by atoms with E-state index in [1.54, 1.807) is 18.6 Å². The molecule has 3 aliphatic rings. The molecule has 158 valence electrons. The van der Waals surface area contributed by atoms with Gasteiger partial charge in [0.15, 0.2) is 5.82 Å². The molecule has 0 aromatic carbocycles.